The number of aliphatic imine (C=N–C) groups is 1. The van der Waals surface area contributed by atoms with E-state index in [4.69, 9.17) is 9.73 Å². The molecule has 0 aliphatic heterocycles. The first kappa shape index (κ1) is 23.3. The highest BCUT2D eigenvalue weighted by molar-refractivity contribution is 14.0. The molecule has 150 valence electrons. The fraction of sp³-hybridized carbons (Fsp3) is 0.500. The molecule has 0 fully saturated rings. The minimum absolute atomic E-state index is 0. The summed E-state index contributed by atoms with van der Waals surface area (Å²) in [6, 6.07) is 8.03. The van der Waals surface area contributed by atoms with Gasteiger partial charge in [0.2, 0.25) is 0 Å². The van der Waals surface area contributed by atoms with Gasteiger partial charge in [-0.05, 0) is 25.8 Å². The molecule has 1 heterocycles. The second-order valence-corrected chi connectivity index (χ2v) is 6.48. The first-order chi connectivity index (χ1) is 12.6. The van der Waals surface area contributed by atoms with Crippen LogP contribution in [0.25, 0.3) is 0 Å². The Hall–Kier alpha value is -1.77. The van der Waals surface area contributed by atoms with Gasteiger partial charge in [-0.1, -0.05) is 32.0 Å². The maximum absolute atomic E-state index is 5.68. The van der Waals surface area contributed by atoms with Crippen LogP contribution < -0.4 is 15.4 Å². The van der Waals surface area contributed by atoms with Gasteiger partial charge in [0.1, 0.15) is 11.6 Å². The van der Waals surface area contributed by atoms with Crippen LogP contribution >= 0.6 is 24.0 Å². The summed E-state index contributed by atoms with van der Waals surface area (Å²) in [7, 11) is 0. The Kier molecular flexibility index (Phi) is 10.8. The number of rotatable bonds is 9. The second kappa shape index (κ2) is 12.6. The van der Waals surface area contributed by atoms with E-state index in [0.717, 1.165) is 36.2 Å². The van der Waals surface area contributed by atoms with Crippen LogP contribution in [-0.2, 0) is 19.6 Å². The third-order valence-corrected chi connectivity index (χ3v) is 3.80. The Morgan fingerprint density at radius 2 is 2.00 bits per heavy atom. The lowest BCUT2D eigenvalue weighted by molar-refractivity contribution is 0.336. The molecular formula is C20H32IN5O. The maximum atomic E-state index is 5.68. The SMILES string of the molecule is CCNC(=NCc1ccccc1OCC)NCc1nccn1CC(C)C.I. The van der Waals surface area contributed by atoms with Crippen molar-refractivity contribution in [2.45, 2.75) is 47.3 Å². The van der Waals surface area contributed by atoms with Gasteiger partial charge in [0, 0.05) is 31.0 Å². The molecule has 7 heteroatoms. The molecule has 0 radical (unpaired) electrons. The number of hydrogen-bond donors (Lipinski definition) is 2. The van der Waals surface area contributed by atoms with Crippen molar-refractivity contribution in [1.29, 1.82) is 0 Å². The molecule has 0 saturated carbocycles. The maximum Gasteiger partial charge on any atom is 0.191 e. The van der Waals surface area contributed by atoms with Crippen LogP contribution in [0.5, 0.6) is 5.75 Å². The van der Waals surface area contributed by atoms with Gasteiger partial charge >= 0.3 is 0 Å². The lowest BCUT2D eigenvalue weighted by Gasteiger charge is -2.14. The van der Waals surface area contributed by atoms with Gasteiger partial charge in [-0.2, -0.15) is 0 Å². The third-order valence-electron chi connectivity index (χ3n) is 3.80. The fourth-order valence-electron chi connectivity index (χ4n) is 2.67. The highest BCUT2D eigenvalue weighted by atomic mass is 127. The number of halogens is 1. The van der Waals surface area contributed by atoms with E-state index in [2.05, 4.69) is 41.0 Å². The van der Waals surface area contributed by atoms with Crippen LogP contribution in [0.15, 0.2) is 41.7 Å². The first-order valence-electron chi connectivity index (χ1n) is 9.36. The van der Waals surface area contributed by atoms with E-state index >= 15 is 0 Å². The van der Waals surface area contributed by atoms with Crippen molar-refractivity contribution in [3.8, 4) is 5.75 Å². The van der Waals surface area contributed by atoms with Crippen LogP contribution in [-0.4, -0.2) is 28.7 Å². The Balaban J connectivity index is 0.00000364. The predicted octanol–water partition coefficient (Wildman–Crippen LogP) is 3.81. The number of ether oxygens (including phenoxy) is 1. The van der Waals surface area contributed by atoms with E-state index in [-0.39, 0.29) is 24.0 Å². The molecular weight excluding hydrogens is 453 g/mol. The lowest BCUT2D eigenvalue weighted by Crippen LogP contribution is -2.37. The molecule has 2 N–H and O–H groups in total. The Morgan fingerprint density at radius 3 is 2.70 bits per heavy atom. The average Bonchev–Trinajstić information content (AvgIpc) is 3.05. The van der Waals surface area contributed by atoms with Gasteiger partial charge in [0.25, 0.3) is 0 Å². The van der Waals surface area contributed by atoms with Crippen molar-refractivity contribution in [2.24, 2.45) is 10.9 Å². The topological polar surface area (TPSA) is 63.5 Å². The van der Waals surface area contributed by atoms with E-state index in [1.165, 1.54) is 0 Å². The number of imidazole rings is 1. The van der Waals surface area contributed by atoms with Crippen molar-refractivity contribution in [3.63, 3.8) is 0 Å². The van der Waals surface area contributed by atoms with Crippen LogP contribution in [0.2, 0.25) is 0 Å². The standard InChI is InChI=1S/C20H31N5O.HI/c1-5-21-20(23-13-17-9-7-8-10-18(17)26-6-2)24-14-19-22-11-12-25(19)15-16(3)4;/h7-12,16H,5-6,13-15H2,1-4H3,(H2,21,23,24);1H. The average molecular weight is 485 g/mol. The minimum atomic E-state index is 0. The summed E-state index contributed by atoms with van der Waals surface area (Å²) in [4.78, 5) is 9.15. The molecule has 0 saturated heterocycles. The van der Waals surface area contributed by atoms with Crippen LogP contribution in [0, 0.1) is 5.92 Å². The van der Waals surface area contributed by atoms with Crippen molar-refractivity contribution in [3.05, 3.63) is 48.0 Å². The van der Waals surface area contributed by atoms with E-state index in [1.54, 1.807) is 0 Å². The van der Waals surface area contributed by atoms with Crippen molar-refractivity contribution < 1.29 is 4.74 Å². The molecule has 0 unspecified atom stereocenters. The molecule has 1 aromatic carbocycles. The summed E-state index contributed by atoms with van der Waals surface area (Å²) in [6.07, 6.45) is 3.88. The molecule has 2 rings (SSSR count). The molecule has 6 nitrogen and oxygen atoms in total. The summed E-state index contributed by atoms with van der Waals surface area (Å²) in [5, 5.41) is 6.66. The van der Waals surface area contributed by atoms with E-state index in [9.17, 15) is 0 Å². The highest BCUT2D eigenvalue weighted by Gasteiger charge is 2.07. The van der Waals surface area contributed by atoms with Gasteiger partial charge in [0.05, 0.1) is 19.7 Å². The van der Waals surface area contributed by atoms with Crippen molar-refractivity contribution in [1.82, 2.24) is 20.2 Å². The van der Waals surface area contributed by atoms with E-state index < -0.39 is 0 Å². The predicted molar refractivity (Wildman–Crippen MR) is 122 cm³/mol. The highest BCUT2D eigenvalue weighted by Crippen LogP contribution is 2.18. The molecule has 27 heavy (non-hydrogen) atoms. The Bertz CT molecular complexity index is 699. The van der Waals surface area contributed by atoms with Gasteiger partial charge in [0.15, 0.2) is 5.96 Å². The number of benzene rings is 1. The minimum Gasteiger partial charge on any atom is -0.494 e. The molecule has 0 spiro atoms. The zero-order valence-corrected chi connectivity index (χ0v) is 19.1. The largest absolute Gasteiger partial charge is 0.494 e. The normalized spacial score (nSPS) is 11.2. The number of nitrogens with one attached hydrogen (secondary N) is 2. The summed E-state index contributed by atoms with van der Waals surface area (Å²) in [5.41, 5.74) is 1.08. The Labute approximate surface area is 179 Å². The van der Waals surface area contributed by atoms with Crippen LogP contribution in [0.4, 0.5) is 0 Å². The van der Waals surface area contributed by atoms with Gasteiger partial charge in [-0.15, -0.1) is 24.0 Å². The second-order valence-electron chi connectivity index (χ2n) is 6.48. The van der Waals surface area contributed by atoms with Gasteiger partial charge in [-0.25, -0.2) is 9.98 Å². The molecule has 2 aromatic rings. The summed E-state index contributed by atoms with van der Waals surface area (Å²) in [6.45, 7) is 12.1. The van der Waals surface area contributed by atoms with Crippen LogP contribution in [0.3, 0.4) is 0 Å². The monoisotopic (exact) mass is 485 g/mol. The number of guanidine groups is 1. The van der Waals surface area contributed by atoms with E-state index in [1.807, 2.05) is 43.6 Å². The summed E-state index contributed by atoms with van der Waals surface area (Å²) >= 11 is 0. The molecule has 0 aliphatic carbocycles. The number of nitrogens with zero attached hydrogens (tertiary/aromatic N) is 3. The zero-order valence-electron chi connectivity index (χ0n) is 16.7. The summed E-state index contributed by atoms with van der Waals surface area (Å²) < 4.78 is 7.86. The molecule has 0 amide bonds. The quantitative estimate of drug-likeness (QED) is 0.322. The number of hydrogen-bond acceptors (Lipinski definition) is 3. The van der Waals surface area contributed by atoms with Gasteiger partial charge < -0.3 is 19.9 Å². The molecule has 0 atom stereocenters. The van der Waals surface area contributed by atoms with Crippen molar-refractivity contribution >= 4 is 29.9 Å². The van der Waals surface area contributed by atoms with Crippen molar-refractivity contribution in [2.75, 3.05) is 13.2 Å². The first-order valence-corrected chi connectivity index (χ1v) is 9.36. The van der Waals surface area contributed by atoms with E-state index in [0.29, 0.717) is 25.6 Å². The number of aromatic nitrogens is 2. The lowest BCUT2D eigenvalue weighted by atomic mass is 10.2. The molecule has 0 bridgehead atoms. The Morgan fingerprint density at radius 1 is 1.22 bits per heavy atom. The summed E-state index contributed by atoms with van der Waals surface area (Å²) in [5.74, 6) is 3.26. The van der Waals surface area contributed by atoms with Crippen LogP contribution in [0.1, 0.15) is 39.1 Å². The number of para-hydroxylation sites is 1. The molecule has 0 aliphatic rings. The van der Waals surface area contributed by atoms with Gasteiger partial charge in [-0.3, -0.25) is 0 Å². The third kappa shape index (κ3) is 7.78. The molecule has 1 aromatic heterocycles. The fourth-order valence-corrected chi connectivity index (χ4v) is 2.67. The smallest absolute Gasteiger partial charge is 0.191 e. The zero-order chi connectivity index (χ0) is 18.8.